The molecule has 0 atom stereocenters. The second-order valence-corrected chi connectivity index (χ2v) is 5.10. The molecule has 0 radical (unpaired) electrons. The van der Waals surface area contributed by atoms with Crippen molar-refractivity contribution >= 4 is 6.03 Å². The van der Waals surface area contributed by atoms with Gasteiger partial charge in [0.1, 0.15) is 11.9 Å². The summed E-state index contributed by atoms with van der Waals surface area (Å²) in [5.41, 5.74) is 0. The van der Waals surface area contributed by atoms with Crippen LogP contribution in [-0.4, -0.2) is 41.2 Å². The molecule has 0 spiro atoms. The number of ether oxygens (including phenoxy) is 1. The summed E-state index contributed by atoms with van der Waals surface area (Å²) in [5, 5.41) is 2.91. The number of urea groups is 1. The minimum absolute atomic E-state index is 0.0230. The Balaban J connectivity index is 1.78. The fraction of sp³-hybridized carbons (Fsp3) is 0.571. The molecule has 1 aliphatic heterocycles. The average molecular weight is 263 g/mol. The number of nitrogens with one attached hydrogen (secondary N) is 1. The van der Waals surface area contributed by atoms with Crippen molar-refractivity contribution < 1.29 is 9.53 Å². The van der Waals surface area contributed by atoms with Crippen molar-refractivity contribution in [3.8, 4) is 5.75 Å². The summed E-state index contributed by atoms with van der Waals surface area (Å²) in [6.07, 6.45) is 5.34. The molecule has 0 bridgehead atoms. The van der Waals surface area contributed by atoms with Crippen LogP contribution in [0.1, 0.15) is 26.7 Å². The lowest BCUT2D eigenvalue weighted by Gasteiger charge is -2.32. The van der Waals surface area contributed by atoms with E-state index >= 15 is 0 Å². The zero-order chi connectivity index (χ0) is 13.7. The molecule has 0 saturated carbocycles. The minimum Gasteiger partial charge on any atom is -0.489 e. The van der Waals surface area contributed by atoms with Crippen molar-refractivity contribution in [1.29, 1.82) is 0 Å². The summed E-state index contributed by atoms with van der Waals surface area (Å²) >= 11 is 0. The summed E-state index contributed by atoms with van der Waals surface area (Å²) in [6.45, 7) is 5.42. The van der Waals surface area contributed by atoms with Gasteiger partial charge in [0, 0.05) is 38.2 Å². The van der Waals surface area contributed by atoms with E-state index in [-0.39, 0.29) is 18.2 Å². The Morgan fingerprint density at radius 1 is 1.47 bits per heavy atom. The number of piperidine rings is 1. The van der Waals surface area contributed by atoms with Crippen molar-refractivity contribution in [3.63, 3.8) is 0 Å². The molecule has 1 N–H and O–H groups in total. The van der Waals surface area contributed by atoms with E-state index in [9.17, 15) is 4.79 Å². The molecule has 1 aromatic heterocycles. The van der Waals surface area contributed by atoms with Gasteiger partial charge in [-0.1, -0.05) is 0 Å². The van der Waals surface area contributed by atoms with Crippen LogP contribution >= 0.6 is 0 Å². The first-order valence-corrected chi connectivity index (χ1v) is 6.77. The van der Waals surface area contributed by atoms with Crippen LogP contribution in [0.15, 0.2) is 24.5 Å². The summed E-state index contributed by atoms with van der Waals surface area (Å²) in [6, 6.07) is 3.97. The molecule has 1 saturated heterocycles. The fourth-order valence-corrected chi connectivity index (χ4v) is 2.12. The van der Waals surface area contributed by atoms with E-state index in [1.54, 1.807) is 12.4 Å². The summed E-state index contributed by atoms with van der Waals surface area (Å²) in [4.78, 5) is 17.7. The van der Waals surface area contributed by atoms with Gasteiger partial charge in [-0.2, -0.15) is 0 Å². The van der Waals surface area contributed by atoms with Crippen molar-refractivity contribution in [1.82, 2.24) is 15.2 Å². The van der Waals surface area contributed by atoms with Crippen molar-refractivity contribution in [2.75, 3.05) is 13.1 Å². The summed E-state index contributed by atoms with van der Waals surface area (Å²) in [7, 11) is 0. The van der Waals surface area contributed by atoms with E-state index in [2.05, 4.69) is 10.3 Å². The first-order valence-electron chi connectivity index (χ1n) is 6.77. The molecule has 19 heavy (non-hydrogen) atoms. The van der Waals surface area contributed by atoms with Crippen LogP contribution in [0.4, 0.5) is 4.79 Å². The van der Waals surface area contributed by atoms with Crippen LogP contribution < -0.4 is 10.1 Å². The minimum atomic E-state index is 0.0230. The Bertz CT molecular complexity index is 400. The van der Waals surface area contributed by atoms with Crippen LogP contribution in [-0.2, 0) is 0 Å². The Kier molecular flexibility index (Phi) is 4.60. The number of nitrogens with zero attached hydrogens (tertiary/aromatic N) is 2. The van der Waals surface area contributed by atoms with Gasteiger partial charge < -0.3 is 15.0 Å². The maximum atomic E-state index is 11.8. The molecule has 104 valence electrons. The lowest BCUT2D eigenvalue weighted by Crippen LogP contribution is -2.48. The molecular weight excluding hydrogens is 242 g/mol. The van der Waals surface area contributed by atoms with Crippen molar-refractivity contribution in [2.24, 2.45) is 0 Å². The molecule has 0 aromatic carbocycles. The van der Waals surface area contributed by atoms with Crippen LogP contribution in [0.2, 0.25) is 0 Å². The number of rotatable bonds is 3. The Morgan fingerprint density at radius 2 is 2.21 bits per heavy atom. The normalized spacial score (nSPS) is 16.5. The summed E-state index contributed by atoms with van der Waals surface area (Å²) in [5.74, 6) is 0.799. The van der Waals surface area contributed by atoms with E-state index in [0.717, 1.165) is 31.7 Å². The highest BCUT2D eigenvalue weighted by atomic mass is 16.5. The predicted molar refractivity (Wildman–Crippen MR) is 73.1 cm³/mol. The summed E-state index contributed by atoms with van der Waals surface area (Å²) < 4.78 is 5.84. The highest BCUT2D eigenvalue weighted by molar-refractivity contribution is 5.74. The Labute approximate surface area is 114 Å². The molecule has 0 unspecified atom stereocenters. The second kappa shape index (κ2) is 6.41. The van der Waals surface area contributed by atoms with Gasteiger partial charge >= 0.3 is 6.03 Å². The molecule has 5 nitrogen and oxygen atoms in total. The number of hydrogen-bond donors (Lipinski definition) is 1. The van der Waals surface area contributed by atoms with Gasteiger partial charge in [-0.15, -0.1) is 0 Å². The molecule has 0 aliphatic carbocycles. The molecule has 1 aromatic rings. The molecular formula is C14H21N3O2. The third-order valence-corrected chi connectivity index (χ3v) is 3.08. The number of carbonyl (C=O) groups is 1. The van der Waals surface area contributed by atoms with Gasteiger partial charge in [0.15, 0.2) is 0 Å². The van der Waals surface area contributed by atoms with E-state index in [0.29, 0.717) is 0 Å². The lowest BCUT2D eigenvalue weighted by molar-refractivity contribution is 0.110. The SMILES string of the molecule is CC(C)NC(=O)N1CCC(Oc2cccnc2)CC1. The number of carbonyl (C=O) groups excluding carboxylic acids is 1. The van der Waals surface area contributed by atoms with E-state index in [1.807, 2.05) is 30.9 Å². The lowest BCUT2D eigenvalue weighted by atomic mass is 10.1. The molecule has 2 heterocycles. The van der Waals surface area contributed by atoms with Crippen LogP contribution in [0.25, 0.3) is 0 Å². The number of pyridine rings is 1. The molecule has 2 amide bonds. The zero-order valence-corrected chi connectivity index (χ0v) is 11.5. The van der Waals surface area contributed by atoms with Gasteiger partial charge in [-0.05, 0) is 26.0 Å². The van der Waals surface area contributed by atoms with E-state index in [1.165, 1.54) is 0 Å². The number of hydrogen-bond acceptors (Lipinski definition) is 3. The van der Waals surface area contributed by atoms with Gasteiger partial charge in [0.25, 0.3) is 0 Å². The first kappa shape index (κ1) is 13.6. The first-order chi connectivity index (χ1) is 9.15. The Hall–Kier alpha value is -1.78. The smallest absolute Gasteiger partial charge is 0.317 e. The predicted octanol–water partition coefficient (Wildman–Crippen LogP) is 2.04. The topological polar surface area (TPSA) is 54.5 Å². The third-order valence-electron chi connectivity index (χ3n) is 3.08. The van der Waals surface area contributed by atoms with Gasteiger partial charge in [0.05, 0.1) is 6.20 Å². The maximum absolute atomic E-state index is 11.8. The molecule has 2 rings (SSSR count). The van der Waals surface area contributed by atoms with Crippen LogP contribution in [0.5, 0.6) is 5.75 Å². The highest BCUT2D eigenvalue weighted by Gasteiger charge is 2.24. The van der Waals surface area contributed by atoms with Crippen molar-refractivity contribution in [2.45, 2.75) is 38.8 Å². The fourth-order valence-electron chi connectivity index (χ4n) is 2.12. The Morgan fingerprint density at radius 3 is 2.79 bits per heavy atom. The average Bonchev–Trinajstić information content (AvgIpc) is 2.40. The van der Waals surface area contributed by atoms with Gasteiger partial charge in [-0.3, -0.25) is 4.98 Å². The largest absolute Gasteiger partial charge is 0.489 e. The van der Waals surface area contributed by atoms with E-state index < -0.39 is 0 Å². The highest BCUT2D eigenvalue weighted by Crippen LogP contribution is 2.17. The molecule has 1 fully saturated rings. The van der Waals surface area contributed by atoms with Crippen LogP contribution in [0.3, 0.4) is 0 Å². The van der Waals surface area contributed by atoms with Crippen LogP contribution in [0, 0.1) is 0 Å². The van der Waals surface area contributed by atoms with Gasteiger partial charge in [0.2, 0.25) is 0 Å². The number of aromatic nitrogens is 1. The second-order valence-electron chi connectivity index (χ2n) is 5.10. The monoisotopic (exact) mass is 263 g/mol. The number of likely N-dealkylation sites (tertiary alicyclic amines) is 1. The third kappa shape index (κ3) is 4.12. The number of amides is 2. The molecule has 5 heteroatoms. The standard InChI is InChI=1S/C14H21N3O2/c1-11(2)16-14(18)17-8-5-12(6-9-17)19-13-4-3-7-15-10-13/h3-4,7,10-12H,5-6,8-9H2,1-2H3,(H,16,18). The quantitative estimate of drug-likeness (QED) is 0.908. The van der Waals surface area contributed by atoms with Crippen molar-refractivity contribution in [3.05, 3.63) is 24.5 Å². The van der Waals surface area contributed by atoms with E-state index in [4.69, 9.17) is 4.74 Å². The van der Waals surface area contributed by atoms with Gasteiger partial charge in [-0.25, -0.2) is 4.79 Å². The molecule has 1 aliphatic rings. The zero-order valence-electron chi connectivity index (χ0n) is 11.5. The maximum Gasteiger partial charge on any atom is 0.317 e.